The third-order valence-electron chi connectivity index (χ3n) is 5.41. The summed E-state index contributed by atoms with van der Waals surface area (Å²) in [6.45, 7) is 1.42. The summed E-state index contributed by atoms with van der Waals surface area (Å²) in [5.41, 5.74) is 2.17. The van der Waals surface area contributed by atoms with Crippen LogP contribution in [0.25, 0.3) is 0 Å². The lowest BCUT2D eigenvalue weighted by molar-refractivity contribution is -0.124. The van der Waals surface area contributed by atoms with E-state index >= 15 is 0 Å². The van der Waals surface area contributed by atoms with Crippen LogP contribution in [0.5, 0.6) is 0 Å². The first kappa shape index (κ1) is 19.6. The molecule has 0 aromatic heterocycles. The third kappa shape index (κ3) is 4.22. The molecule has 1 aliphatic heterocycles. The molecule has 0 radical (unpaired) electrons. The van der Waals surface area contributed by atoms with Gasteiger partial charge in [0.2, 0.25) is 5.91 Å². The Morgan fingerprint density at radius 2 is 1.48 bits per heavy atom. The number of hydrogen-bond acceptors (Lipinski definition) is 4. The number of piperidine rings is 1. The van der Waals surface area contributed by atoms with Crippen LogP contribution in [0.15, 0.2) is 60.7 Å². The van der Waals surface area contributed by atoms with E-state index in [2.05, 4.69) is 10.6 Å². The number of carbonyl (C=O) groups is 1. The second kappa shape index (κ2) is 8.23. The number of benzene rings is 2. The summed E-state index contributed by atoms with van der Waals surface area (Å²) in [5.74, 6) is -0.418. The maximum Gasteiger partial charge on any atom is 0.241 e. The maximum atomic E-state index is 13.0. The van der Waals surface area contributed by atoms with Crippen molar-refractivity contribution in [2.45, 2.75) is 23.5 Å². The zero-order valence-corrected chi connectivity index (χ0v) is 16.3. The van der Waals surface area contributed by atoms with Crippen LogP contribution < -0.4 is 10.6 Å². The molecule has 0 saturated carbocycles. The average Bonchev–Trinajstić information content (AvgIpc) is 2.69. The Morgan fingerprint density at radius 1 is 1.00 bits per heavy atom. The van der Waals surface area contributed by atoms with Gasteiger partial charge in [0.25, 0.3) is 0 Å². The fraction of sp³-hybridized carbons (Fsp3) is 0.381. The summed E-state index contributed by atoms with van der Waals surface area (Å²) in [4.78, 5) is 13.0. The molecule has 2 N–H and O–H groups in total. The van der Waals surface area contributed by atoms with Crippen molar-refractivity contribution in [3.05, 3.63) is 71.8 Å². The van der Waals surface area contributed by atoms with E-state index in [0.29, 0.717) is 32.5 Å². The zero-order chi connectivity index (χ0) is 19.3. The minimum Gasteiger partial charge on any atom is -0.354 e. The van der Waals surface area contributed by atoms with Crippen molar-refractivity contribution >= 4 is 15.7 Å². The Morgan fingerprint density at radius 3 is 1.93 bits per heavy atom. The normalized spacial score (nSPS) is 16.8. The van der Waals surface area contributed by atoms with Crippen LogP contribution in [0.2, 0.25) is 0 Å². The second-order valence-electron chi connectivity index (χ2n) is 7.10. The highest BCUT2D eigenvalue weighted by molar-refractivity contribution is 7.92. The van der Waals surface area contributed by atoms with Gasteiger partial charge in [-0.15, -0.1) is 0 Å². The predicted octanol–water partition coefficient (Wildman–Crippen LogP) is 2.10. The molecule has 144 valence electrons. The van der Waals surface area contributed by atoms with E-state index in [0.717, 1.165) is 11.1 Å². The van der Waals surface area contributed by atoms with Gasteiger partial charge in [0.15, 0.2) is 14.6 Å². The van der Waals surface area contributed by atoms with Crippen molar-refractivity contribution in [1.29, 1.82) is 0 Å². The minimum atomic E-state index is -3.52. The van der Waals surface area contributed by atoms with Gasteiger partial charge < -0.3 is 10.6 Å². The SMILES string of the molecule is CS(=O)(=O)C1(C(=O)NCC(c2ccccc2)c2ccccc2)CCNCC1. The molecule has 3 rings (SSSR count). The molecule has 1 fully saturated rings. The lowest BCUT2D eigenvalue weighted by atomic mass is 9.90. The first-order valence-electron chi connectivity index (χ1n) is 9.22. The third-order valence-corrected chi connectivity index (χ3v) is 7.42. The first-order valence-corrected chi connectivity index (χ1v) is 11.1. The maximum absolute atomic E-state index is 13.0. The van der Waals surface area contributed by atoms with E-state index in [9.17, 15) is 13.2 Å². The van der Waals surface area contributed by atoms with Crippen LogP contribution in [0.4, 0.5) is 0 Å². The average molecular weight is 387 g/mol. The quantitative estimate of drug-likeness (QED) is 0.797. The van der Waals surface area contributed by atoms with Crippen molar-refractivity contribution in [3.63, 3.8) is 0 Å². The van der Waals surface area contributed by atoms with Crippen LogP contribution in [0.1, 0.15) is 29.9 Å². The van der Waals surface area contributed by atoms with E-state index in [1.807, 2.05) is 60.7 Å². The fourth-order valence-corrected chi connectivity index (χ4v) is 5.11. The lowest BCUT2D eigenvalue weighted by Crippen LogP contribution is -2.57. The Hall–Kier alpha value is -2.18. The molecule has 0 bridgehead atoms. The Balaban J connectivity index is 1.84. The van der Waals surface area contributed by atoms with Crippen molar-refractivity contribution < 1.29 is 13.2 Å². The molecule has 0 atom stereocenters. The van der Waals surface area contributed by atoms with Crippen molar-refractivity contribution in [2.24, 2.45) is 0 Å². The van der Waals surface area contributed by atoms with Gasteiger partial charge in [-0.25, -0.2) is 8.42 Å². The molecular weight excluding hydrogens is 360 g/mol. The number of sulfone groups is 1. The number of amides is 1. The van der Waals surface area contributed by atoms with Crippen LogP contribution in [0, 0.1) is 0 Å². The van der Waals surface area contributed by atoms with Gasteiger partial charge in [0.1, 0.15) is 0 Å². The Labute approximate surface area is 161 Å². The van der Waals surface area contributed by atoms with Crippen molar-refractivity contribution in [3.8, 4) is 0 Å². The molecule has 1 saturated heterocycles. The van der Waals surface area contributed by atoms with E-state index < -0.39 is 14.6 Å². The largest absolute Gasteiger partial charge is 0.354 e. The highest BCUT2D eigenvalue weighted by Gasteiger charge is 2.48. The van der Waals surface area contributed by atoms with Gasteiger partial charge in [-0.2, -0.15) is 0 Å². The number of rotatable bonds is 6. The summed E-state index contributed by atoms with van der Waals surface area (Å²) in [7, 11) is -3.52. The molecule has 1 aliphatic rings. The monoisotopic (exact) mass is 386 g/mol. The van der Waals surface area contributed by atoms with Crippen LogP contribution in [-0.4, -0.2) is 45.0 Å². The summed E-state index contributed by atoms with van der Waals surface area (Å²) < 4.78 is 23.6. The van der Waals surface area contributed by atoms with Gasteiger partial charge in [-0.05, 0) is 37.1 Å². The molecule has 0 aliphatic carbocycles. The molecule has 2 aromatic rings. The number of nitrogens with one attached hydrogen (secondary N) is 2. The summed E-state index contributed by atoms with van der Waals surface area (Å²) in [6.07, 6.45) is 1.78. The van der Waals surface area contributed by atoms with Crippen LogP contribution >= 0.6 is 0 Å². The summed E-state index contributed by atoms with van der Waals surface area (Å²) >= 11 is 0. The second-order valence-corrected chi connectivity index (χ2v) is 9.43. The number of carbonyl (C=O) groups excluding carboxylic acids is 1. The predicted molar refractivity (Wildman–Crippen MR) is 107 cm³/mol. The van der Waals surface area contributed by atoms with E-state index in [1.54, 1.807) is 0 Å². The standard InChI is InChI=1S/C21H26N2O3S/c1-27(25,26)21(12-14-22-15-13-21)20(24)23-16-19(17-8-4-2-5-9-17)18-10-6-3-7-11-18/h2-11,19,22H,12-16H2,1H3,(H,23,24). The molecule has 1 amide bonds. The smallest absolute Gasteiger partial charge is 0.241 e. The Bertz CT molecular complexity index is 821. The van der Waals surface area contributed by atoms with Crippen molar-refractivity contribution in [2.75, 3.05) is 25.9 Å². The number of hydrogen-bond donors (Lipinski definition) is 2. The van der Waals surface area contributed by atoms with Gasteiger partial charge in [0, 0.05) is 18.7 Å². The van der Waals surface area contributed by atoms with Gasteiger partial charge in [0.05, 0.1) is 0 Å². The molecule has 1 heterocycles. The Kier molecular flexibility index (Phi) is 5.97. The van der Waals surface area contributed by atoms with Gasteiger partial charge in [-0.3, -0.25) is 4.79 Å². The van der Waals surface area contributed by atoms with Crippen LogP contribution in [0.3, 0.4) is 0 Å². The lowest BCUT2D eigenvalue weighted by Gasteiger charge is -2.35. The summed E-state index contributed by atoms with van der Waals surface area (Å²) in [6, 6.07) is 19.9. The van der Waals surface area contributed by atoms with E-state index in [-0.39, 0.29) is 11.8 Å². The first-order chi connectivity index (χ1) is 12.9. The molecule has 2 aromatic carbocycles. The fourth-order valence-electron chi connectivity index (χ4n) is 3.75. The molecule has 0 unspecified atom stereocenters. The molecule has 0 spiro atoms. The van der Waals surface area contributed by atoms with Gasteiger partial charge in [-0.1, -0.05) is 60.7 Å². The molecule has 6 heteroatoms. The highest BCUT2D eigenvalue weighted by atomic mass is 32.2. The molecule has 5 nitrogen and oxygen atoms in total. The van der Waals surface area contributed by atoms with E-state index in [4.69, 9.17) is 0 Å². The topological polar surface area (TPSA) is 75.3 Å². The van der Waals surface area contributed by atoms with Crippen LogP contribution in [-0.2, 0) is 14.6 Å². The molecular formula is C21H26N2O3S. The molecule has 27 heavy (non-hydrogen) atoms. The zero-order valence-electron chi connectivity index (χ0n) is 15.5. The van der Waals surface area contributed by atoms with Crippen molar-refractivity contribution in [1.82, 2.24) is 10.6 Å². The van der Waals surface area contributed by atoms with E-state index in [1.165, 1.54) is 6.26 Å². The minimum absolute atomic E-state index is 0.0327. The highest BCUT2D eigenvalue weighted by Crippen LogP contribution is 2.29. The van der Waals surface area contributed by atoms with Gasteiger partial charge >= 0.3 is 0 Å². The summed E-state index contributed by atoms with van der Waals surface area (Å²) in [5, 5.41) is 6.09.